The first kappa shape index (κ1) is 24.3. The molecule has 3 rings (SSSR count). The number of amides is 5. The van der Waals surface area contributed by atoms with Gasteiger partial charge in [-0.2, -0.15) is 0 Å². The molecule has 9 nitrogen and oxygen atoms in total. The minimum atomic E-state index is -0.843. The average Bonchev–Trinajstić information content (AvgIpc) is 2.79. The van der Waals surface area contributed by atoms with Gasteiger partial charge in [0.25, 0.3) is 0 Å². The highest BCUT2D eigenvalue weighted by Crippen LogP contribution is 2.27. The van der Waals surface area contributed by atoms with E-state index < -0.39 is 23.9 Å². The zero-order valence-electron chi connectivity index (χ0n) is 19.3. The van der Waals surface area contributed by atoms with E-state index >= 15 is 0 Å². The maximum Gasteiger partial charge on any atom is 0.318 e. The second kappa shape index (κ2) is 11.5. The maximum atomic E-state index is 13.3. The minimum absolute atomic E-state index is 0.119. The summed E-state index contributed by atoms with van der Waals surface area (Å²) in [5.74, 6) is -0.744. The van der Waals surface area contributed by atoms with Crippen LogP contribution in [0.1, 0.15) is 77.6 Å². The fraction of sp³-hybridized carbons (Fsp3) is 0.826. The fourth-order valence-corrected chi connectivity index (χ4v) is 5.31. The number of nitrogens with one attached hydrogen (secondary N) is 2. The summed E-state index contributed by atoms with van der Waals surface area (Å²) >= 11 is 0. The molecule has 5 amide bonds. The summed E-state index contributed by atoms with van der Waals surface area (Å²) in [6.45, 7) is 2.24. The Morgan fingerprint density at radius 3 is 2.16 bits per heavy atom. The van der Waals surface area contributed by atoms with Crippen molar-refractivity contribution in [2.45, 2.75) is 95.7 Å². The first-order valence-corrected chi connectivity index (χ1v) is 12.3. The molecule has 1 saturated heterocycles. The van der Waals surface area contributed by atoms with Crippen molar-refractivity contribution in [2.75, 3.05) is 19.6 Å². The van der Waals surface area contributed by atoms with Gasteiger partial charge in [-0.3, -0.25) is 14.4 Å². The highest BCUT2D eigenvalue weighted by atomic mass is 16.2. The van der Waals surface area contributed by atoms with Crippen molar-refractivity contribution < 1.29 is 19.2 Å². The molecule has 0 spiro atoms. The number of carbonyl (C=O) groups is 4. The zero-order valence-corrected chi connectivity index (χ0v) is 19.3. The van der Waals surface area contributed by atoms with E-state index in [1.165, 1.54) is 24.7 Å². The largest absolute Gasteiger partial charge is 0.368 e. The number of primary amides is 1. The van der Waals surface area contributed by atoms with Gasteiger partial charge in [-0.25, -0.2) is 4.79 Å². The van der Waals surface area contributed by atoms with Crippen LogP contribution < -0.4 is 16.4 Å². The van der Waals surface area contributed by atoms with Crippen molar-refractivity contribution in [3.63, 3.8) is 0 Å². The van der Waals surface area contributed by atoms with Crippen molar-refractivity contribution in [1.29, 1.82) is 0 Å². The lowest BCUT2D eigenvalue weighted by atomic mass is 9.84. The smallest absolute Gasteiger partial charge is 0.318 e. The minimum Gasteiger partial charge on any atom is -0.368 e. The molecule has 0 unspecified atom stereocenters. The molecule has 2 atom stereocenters. The summed E-state index contributed by atoms with van der Waals surface area (Å²) in [5.41, 5.74) is 5.61. The molecule has 3 fully saturated rings. The van der Waals surface area contributed by atoms with E-state index in [4.69, 9.17) is 5.73 Å². The molecule has 2 saturated carbocycles. The van der Waals surface area contributed by atoms with Gasteiger partial charge in [0.1, 0.15) is 12.1 Å². The SMILES string of the molecule is CC(=O)N1CCN(C(=O)NC2CCCCC2)[C@H](C(=O)N[C@@H](CC2CCCCC2)C(N)=O)C1. The topological polar surface area (TPSA) is 125 Å². The molecule has 0 bridgehead atoms. The molecule has 9 heteroatoms. The van der Waals surface area contributed by atoms with E-state index in [1.807, 2.05) is 0 Å². The zero-order chi connectivity index (χ0) is 23.1. The van der Waals surface area contributed by atoms with Crippen LogP contribution in [0.5, 0.6) is 0 Å². The Kier molecular flexibility index (Phi) is 8.75. The second-order valence-electron chi connectivity index (χ2n) is 9.66. The molecule has 4 N–H and O–H groups in total. The van der Waals surface area contributed by atoms with Crippen molar-refractivity contribution in [1.82, 2.24) is 20.4 Å². The molecule has 180 valence electrons. The Hall–Kier alpha value is -2.32. The van der Waals surface area contributed by atoms with E-state index in [2.05, 4.69) is 10.6 Å². The standard InChI is InChI=1S/C23H39N5O4/c1-16(29)27-12-13-28(23(32)25-18-10-6-3-7-11-18)20(15-27)22(31)26-19(21(24)30)14-17-8-4-2-5-9-17/h17-20H,2-15H2,1H3,(H2,24,30)(H,25,32)(H,26,31)/t19-,20-/m0/s1. The highest BCUT2D eigenvalue weighted by Gasteiger charge is 2.38. The van der Waals surface area contributed by atoms with E-state index in [9.17, 15) is 19.2 Å². The Morgan fingerprint density at radius 2 is 1.56 bits per heavy atom. The molecule has 0 radical (unpaired) electrons. The van der Waals surface area contributed by atoms with Gasteiger partial charge in [-0.05, 0) is 25.2 Å². The van der Waals surface area contributed by atoms with Crippen molar-refractivity contribution in [3.8, 4) is 0 Å². The van der Waals surface area contributed by atoms with Crippen LogP contribution in [-0.4, -0.2) is 71.3 Å². The van der Waals surface area contributed by atoms with Gasteiger partial charge in [0.15, 0.2) is 0 Å². The normalized spacial score (nSPS) is 24.0. The van der Waals surface area contributed by atoms with Crippen LogP contribution >= 0.6 is 0 Å². The van der Waals surface area contributed by atoms with Crippen LogP contribution in [0, 0.1) is 5.92 Å². The molecule has 1 heterocycles. The lowest BCUT2D eigenvalue weighted by Gasteiger charge is -2.41. The lowest BCUT2D eigenvalue weighted by molar-refractivity contribution is -0.137. The third-order valence-corrected chi connectivity index (χ3v) is 7.28. The Balaban J connectivity index is 1.67. The fourth-order valence-electron chi connectivity index (χ4n) is 5.31. The molecule has 3 aliphatic rings. The average molecular weight is 450 g/mol. The Labute approximate surface area is 190 Å². The number of urea groups is 1. The van der Waals surface area contributed by atoms with Gasteiger partial charge in [0.05, 0.1) is 6.54 Å². The monoisotopic (exact) mass is 449 g/mol. The predicted molar refractivity (Wildman–Crippen MR) is 120 cm³/mol. The van der Waals surface area contributed by atoms with Crippen LogP contribution in [-0.2, 0) is 14.4 Å². The Morgan fingerprint density at radius 1 is 0.938 bits per heavy atom. The van der Waals surface area contributed by atoms with Crippen LogP contribution in [0.3, 0.4) is 0 Å². The number of rotatable bonds is 6. The van der Waals surface area contributed by atoms with E-state index in [-0.39, 0.29) is 31.1 Å². The van der Waals surface area contributed by atoms with Gasteiger partial charge in [-0.1, -0.05) is 51.4 Å². The number of nitrogens with two attached hydrogens (primary N) is 1. The third-order valence-electron chi connectivity index (χ3n) is 7.28. The quantitative estimate of drug-likeness (QED) is 0.568. The van der Waals surface area contributed by atoms with E-state index in [0.717, 1.165) is 51.4 Å². The van der Waals surface area contributed by atoms with Gasteiger partial charge in [0.2, 0.25) is 17.7 Å². The number of carbonyl (C=O) groups excluding carboxylic acids is 4. The summed E-state index contributed by atoms with van der Waals surface area (Å²) in [7, 11) is 0. The van der Waals surface area contributed by atoms with Gasteiger partial charge in [0, 0.05) is 26.1 Å². The van der Waals surface area contributed by atoms with E-state index in [1.54, 1.807) is 4.90 Å². The molecule has 0 aromatic carbocycles. The first-order chi connectivity index (χ1) is 15.3. The Bertz CT molecular complexity index is 688. The predicted octanol–water partition coefficient (Wildman–Crippen LogP) is 1.50. The lowest BCUT2D eigenvalue weighted by Crippen LogP contribution is -2.65. The number of hydrogen-bond acceptors (Lipinski definition) is 4. The summed E-state index contributed by atoms with van der Waals surface area (Å²) < 4.78 is 0. The van der Waals surface area contributed by atoms with E-state index in [0.29, 0.717) is 18.9 Å². The van der Waals surface area contributed by atoms with Gasteiger partial charge in [-0.15, -0.1) is 0 Å². The summed E-state index contributed by atoms with van der Waals surface area (Å²) in [6.07, 6.45) is 11.3. The van der Waals surface area contributed by atoms with Crippen molar-refractivity contribution in [3.05, 3.63) is 0 Å². The number of piperazine rings is 1. The van der Waals surface area contributed by atoms with Crippen LogP contribution in [0.4, 0.5) is 4.79 Å². The molecule has 2 aliphatic carbocycles. The summed E-state index contributed by atoms with van der Waals surface area (Å²) in [5, 5.41) is 5.88. The van der Waals surface area contributed by atoms with Gasteiger partial charge >= 0.3 is 6.03 Å². The molecular formula is C23H39N5O4. The highest BCUT2D eigenvalue weighted by molar-refractivity contribution is 5.92. The maximum absolute atomic E-state index is 13.3. The molecular weight excluding hydrogens is 410 g/mol. The van der Waals surface area contributed by atoms with Crippen molar-refractivity contribution >= 4 is 23.8 Å². The molecule has 0 aromatic rings. The summed E-state index contributed by atoms with van der Waals surface area (Å²) in [4.78, 5) is 53.4. The number of nitrogens with zero attached hydrogens (tertiary/aromatic N) is 2. The third kappa shape index (κ3) is 6.59. The molecule has 32 heavy (non-hydrogen) atoms. The second-order valence-corrected chi connectivity index (χ2v) is 9.66. The van der Waals surface area contributed by atoms with Crippen LogP contribution in [0.25, 0.3) is 0 Å². The van der Waals surface area contributed by atoms with Gasteiger partial charge < -0.3 is 26.2 Å². The molecule has 1 aliphatic heterocycles. The van der Waals surface area contributed by atoms with Crippen LogP contribution in [0.2, 0.25) is 0 Å². The molecule has 0 aromatic heterocycles. The summed E-state index contributed by atoms with van der Waals surface area (Å²) in [6, 6.07) is -1.76. The van der Waals surface area contributed by atoms with Crippen molar-refractivity contribution in [2.24, 2.45) is 11.7 Å². The first-order valence-electron chi connectivity index (χ1n) is 12.3. The number of hydrogen-bond donors (Lipinski definition) is 3. The van der Waals surface area contributed by atoms with Crippen LogP contribution in [0.15, 0.2) is 0 Å².